The number of aromatic nitrogens is 6. The highest BCUT2D eigenvalue weighted by Crippen LogP contribution is 2.20. The van der Waals surface area contributed by atoms with Gasteiger partial charge >= 0.3 is 0 Å². The molecule has 0 aliphatic carbocycles. The van der Waals surface area contributed by atoms with E-state index in [1.165, 1.54) is 23.0 Å². The van der Waals surface area contributed by atoms with E-state index in [1.54, 1.807) is 42.2 Å². The summed E-state index contributed by atoms with van der Waals surface area (Å²) in [5.74, 6) is -0.0608. The molecule has 1 N–H and O–H groups in total. The van der Waals surface area contributed by atoms with Crippen LogP contribution in [0.2, 0.25) is 0 Å². The third kappa shape index (κ3) is 2.82. The largest absolute Gasteiger partial charge is 0.304 e. The average Bonchev–Trinajstić information content (AvgIpc) is 3.23. The van der Waals surface area contributed by atoms with Crippen molar-refractivity contribution in [1.82, 2.24) is 29.4 Å². The molecule has 0 unspecified atom stereocenters. The van der Waals surface area contributed by atoms with Crippen LogP contribution >= 0.6 is 0 Å². The molecular weight excluding hydrogens is 325 g/mol. The second kappa shape index (κ2) is 5.78. The van der Waals surface area contributed by atoms with Gasteiger partial charge in [-0.25, -0.2) is 9.37 Å². The first-order valence-electron chi connectivity index (χ1n) is 7.38. The van der Waals surface area contributed by atoms with Crippen LogP contribution in [0.4, 0.5) is 10.2 Å². The highest BCUT2D eigenvalue weighted by atomic mass is 19.1. The minimum Gasteiger partial charge on any atom is -0.304 e. The van der Waals surface area contributed by atoms with Crippen LogP contribution in [0.3, 0.4) is 0 Å². The lowest BCUT2D eigenvalue weighted by atomic mass is 10.1. The maximum Gasteiger partial charge on any atom is 0.275 e. The topological polar surface area (TPSA) is 90.0 Å². The molecule has 8 nitrogen and oxygen atoms in total. The number of aryl methyl sites for hydroxylation is 1. The van der Waals surface area contributed by atoms with E-state index in [9.17, 15) is 9.18 Å². The number of rotatable bonds is 3. The van der Waals surface area contributed by atoms with Crippen LogP contribution < -0.4 is 5.32 Å². The minimum atomic E-state index is -0.403. The standard InChI is InChI=1S/C16H12FN7O/c1-23-7-6-14(22-23)21-15(25)13-8-12(10-2-4-11(17)5-3-10)20-16-18-9-19-24(13)16/h2-9H,1H3,(H,21,22,25). The van der Waals surface area contributed by atoms with E-state index in [0.29, 0.717) is 17.1 Å². The summed E-state index contributed by atoms with van der Waals surface area (Å²) in [5.41, 5.74) is 1.40. The summed E-state index contributed by atoms with van der Waals surface area (Å²) >= 11 is 0. The first-order chi connectivity index (χ1) is 12.1. The lowest BCUT2D eigenvalue weighted by Gasteiger charge is -2.07. The third-order valence-electron chi connectivity index (χ3n) is 3.58. The number of anilines is 1. The predicted octanol–water partition coefficient (Wildman–Crippen LogP) is 1.92. The Kier molecular flexibility index (Phi) is 3.46. The van der Waals surface area contributed by atoms with Gasteiger partial charge in [0.2, 0.25) is 0 Å². The second-order valence-electron chi connectivity index (χ2n) is 5.33. The molecule has 4 aromatic rings. The van der Waals surface area contributed by atoms with Gasteiger partial charge in [-0.3, -0.25) is 9.48 Å². The van der Waals surface area contributed by atoms with E-state index < -0.39 is 5.91 Å². The Hall–Kier alpha value is -3.62. The number of halogens is 1. The van der Waals surface area contributed by atoms with Crippen molar-refractivity contribution in [3.8, 4) is 11.3 Å². The molecule has 25 heavy (non-hydrogen) atoms. The summed E-state index contributed by atoms with van der Waals surface area (Å²) in [6.45, 7) is 0. The Morgan fingerprint density at radius 2 is 2.00 bits per heavy atom. The smallest absolute Gasteiger partial charge is 0.275 e. The van der Waals surface area contributed by atoms with Crippen LogP contribution in [0.1, 0.15) is 10.5 Å². The van der Waals surface area contributed by atoms with Gasteiger partial charge in [-0.2, -0.15) is 19.7 Å². The first kappa shape index (κ1) is 14.9. The van der Waals surface area contributed by atoms with Gasteiger partial charge in [-0.1, -0.05) is 0 Å². The molecule has 9 heteroatoms. The summed E-state index contributed by atoms with van der Waals surface area (Å²) in [6, 6.07) is 9.10. The van der Waals surface area contributed by atoms with Gasteiger partial charge < -0.3 is 5.32 Å². The van der Waals surface area contributed by atoms with Gasteiger partial charge in [-0.05, 0) is 30.3 Å². The van der Waals surface area contributed by atoms with Gasteiger partial charge in [0.05, 0.1) is 5.69 Å². The Labute approximate surface area is 141 Å². The zero-order valence-corrected chi connectivity index (χ0v) is 13.1. The van der Waals surface area contributed by atoms with Crippen molar-refractivity contribution >= 4 is 17.5 Å². The molecule has 0 spiro atoms. The number of benzene rings is 1. The van der Waals surface area contributed by atoms with Crippen LogP contribution in [0.5, 0.6) is 0 Å². The highest BCUT2D eigenvalue weighted by molar-refractivity contribution is 6.03. The number of hydrogen-bond donors (Lipinski definition) is 1. The van der Waals surface area contributed by atoms with Gasteiger partial charge in [0.25, 0.3) is 11.7 Å². The SMILES string of the molecule is Cn1ccc(NC(=O)c2cc(-c3ccc(F)cc3)nc3ncnn23)n1. The maximum absolute atomic E-state index is 13.1. The number of amides is 1. The fraction of sp³-hybridized carbons (Fsp3) is 0.0625. The van der Waals surface area contributed by atoms with E-state index in [-0.39, 0.29) is 17.3 Å². The van der Waals surface area contributed by atoms with E-state index in [2.05, 4.69) is 25.5 Å². The van der Waals surface area contributed by atoms with Crippen molar-refractivity contribution in [2.45, 2.75) is 0 Å². The quantitative estimate of drug-likeness (QED) is 0.617. The number of hydrogen-bond acceptors (Lipinski definition) is 5. The first-order valence-corrected chi connectivity index (χ1v) is 7.38. The molecule has 124 valence electrons. The average molecular weight is 337 g/mol. The van der Waals surface area contributed by atoms with Crippen molar-refractivity contribution in [2.75, 3.05) is 5.32 Å². The summed E-state index contributed by atoms with van der Waals surface area (Å²) in [6.07, 6.45) is 3.03. The summed E-state index contributed by atoms with van der Waals surface area (Å²) in [4.78, 5) is 21.0. The van der Waals surface area contributed by atoms with Crippen molar-refractivity contribution in [3.63, 3.8) is 0 Å². The molecule has 0 saturated heterocycles. The van der Waals surface area contributed by atoms with Crippen LogP contribution in [-0.2, 0) is 7.05 Å². The Balaban J connectivity index is 1.78. The van der Waals surface area contributed by atoms with Crippen LogP contribution in [0.25, 0.3) is 17.0 Å². The maximum atomic E-state index is 13.1. The Morgan fingerprint density at radius 3 is 2.72 bits per heavy atom. The normalized spacial score (nSPS) is 11.0. The van der Waals surface area contributed by atoms with Crippen LogP contribution in [0, 0.1) is 5.82 Å². The highest BCUT2D eigenvalue weighted by Gasteiger charge is 2.16. The van der Waals surface area contributed by atoms with E-state index in [0.717, 1.165) is 0 Å². The summed E-state index contributed by atoms with van der Waals surface area (Å²) in [7, 11) is 1.75. The number of carbonyl (C=O) groups is 1. The van der Waals surface area contributed by atoms with Gasteiger partial charge in [-0.15, -0.1) is 0 Å². The van der Waals surface area contributed by atoms with Crippen LogP contribution in [-0.4, -0.2) is 35.3 Å². The molecular formula is C16H12FN7O. The Morgan fingerprint density at radius 1 is 1.20 bits per heavy atom. The third-order valence-corrected chi connectivity index (χ3v) is 3.58. The van der Waals surface area contributed by atoms with Crippen molar-refractivity contribution in [1.29, 1.82) is 0 Å². The molecule has 1 aromatic carbocycles. The monoisotopic (exact) mass is 337 g/mol. The molecule has 0 bridgehead atoms. The van der Waals surface area contributed by atoms with Crippen LogP contribution in [0.15, 0.2) is 48.9 Å². The minimum absolute atomic E-state index is 0.243. The van der Waals surface area contributed by atoms with Crippen molar-refractivity contribution < 1.29 is 9.18 Å². The Bertz CT molecular complexity index is 1070. The number of nitrogens with one attached hydrogen (secondary N) is 1. The molecule has 4 rings (SSSR count). The van der Waals surface area contributed by atoms with Gasteiger partial charge in [0, 0.05) is 24.9 Å². The van der Waals surface area contributed by atoms with Gasteiger partial charge in [0.1, 0.15) is 17.8 Å². The molecule has 0 atom stereocenters. The molecule has 0 aliphatic rings. The zero-order chi connectivity index (χ0) is 17.4. The number of carbonyl (C=O) groups excluding carboxylic acids is 1. The number of fused-ring (bicyclic) bond motifs is 1. The summed E-state index contributed by atoms with van der Waals surface area (Å²) < 4.78 is 16.1. The molecule has 0 fully saturated rings. The summed E-state index contributed by atoms with van der Waals surface area (Å²) in [5, 5.41) is 10.8. The zero-order valence-electron chi connectivity index (χ0n) is 13.1. The fourth-order valence-electron chi connectivity index (χ4n) is 2.40. The number of nitrogens with zero attached hydrogens (tertiary/aromatic N) is 6. The molecule has 3 aromatic heterocycles. The fourth-order valence-corrected chi connectivity index (χ4v) is 2.40. The molecule has 0 radical (unpaired) electrons. The van der Waals surface area contributed by atoms with Gasteiger partial charge in [0.15, 0.2) is 5.82 Å². The molecule has 1 amide bonds. The second-order valence-corrected chi connectivity index (χ2v) is 5.33. The molecule has 3 heterocycles. The van der Waals surface area contributed by atoms with E-state index in [1.807, 2.05) is 0 Å². The molecule has 0 saturated carbocycles. The lowest BCUT2D eigenvalue weighted by Crippen LogP contribution is -2.18. The van der Waals surface area contributed by atoms with Crippen molar-refractivity contribution in [2.24, 2.45) is 7.05 Å². The predicted molar refractivity (Wildman–Crippen MR) is 87.3 cm³/mol. The van der Waals surface area contributed by atoms with E-state index in [4.69, 9.17) is 0 Å². The van der Waals surface area contributed by atoms with E-state index >= 15 is 0 Å². The van der Waals surface area contributed by atoms with Crippen molar-refractivity contribution in [3.05, 3.63) is 60.4 Å². The lowest BCUT2D eigenvalue weighted by molar-refractivity contribution is 0.101. The molecule has 0 aliphatic heterocycles.